The highest BCUT2D eigenvalue weighted by atomic mass is 14.0. The van der Waals surface area contributed by atoms with Gasteiger partial charge in [0.25, 0.3) is 0 Å². The van der Waals surface area contributed by atoms with E-state index >= 15 is 0 Å². The van der Waals surface area contributed by atoms with Gasteiger partial charge in [0.05, 0.1) is 0 Å². The lowest BCUT2D eigenvalue weighted by atomic mass is 9.98. The molecule has 0 aromatic heterocycles. The molecule has 0 fully saturated rings. The van der Waals surface area contributed by atoms with Gasteiger partial charge in [0.1, 0.15) is 0 Å². The van der Waals surface area contributed by atoms with E-state index in [4.69, 9.17) is 0 Å². The summed E-state index contributed by atoms with van der Waals surface area (Å²) in [4.78, 5) is 0. The highest BCUT2D eigenvalue weighted by Crippen LogP contribution is 2.14. The van der Waals surface area contributed by atoms with Gasteiger partial charge in [-0.05, 0) is 44.9 Å². The number of hydrogen-bond acceptors (Lipinski definition) is 0. The Kier molecular flexibility index (Phi) is 11.7. The predicted molar refractivity (Wildman–Crippen MR) is 84.8 cm³/mol. The van der Waals surface area contributed by atoms with Gasteiger partial charge in [0.15, 0.2) is 0 Å². The Labute approximate surface area is 114 Å². The molecule has 1 aliphatic carbocycles. The summed E-state index contributed by atoms with van der Waals surface area (Å²) in [5.41, 5.74) is 1.52. The molecule has 1 unspecified atom stereocenters. The quantitative estimate of drug-likeness (QED) is 0.487. The highest BCUT2D eigenvalue weighted by Gasteiger charge is 1.99. The molecule has 0 saturated heterocycles. The molecule has 0 amide bonds. The zero-order chi connectivity index (χ0) is 13.6. The van der Waals surface area contributed by atoms with Crippen LogP contribution in [0.15, 0.2) is 48.1 Å². The van der Waals surface area contributed by atoms with Crippen LogP contribution in [-0.4, -0.2) is 0 Å². The van der Waals surface area contributed by atoms with Gasteiger partial charge in [-0.2, -0.15) is 0 Å². The van der Waals surface area contributed by atoms with Gasteiger partial charge >= 0.3 is 0 Å². The Morgan fingerprint density at radius 2 is 1.78 bits per heavy atom. The summed E-state index contributed by atoms with van der Waals surface area (Å²) in [5, 5.41) is 0. The van der Waals surface area contributed by atoms with E-state index in [1.807, 2.05) is 0 Å². The van der Waals surface area contributed by atoms with Crippen LogP contribution in [0.3, 0.4) is 0 Å². The lowest BCUT2D eigenvalue weighted by Gasteiger charge is -2.08. The fourth-order valence-corrected chi connectivity index (χ4v) is 1.70. The number of rotatable bonds is 6. The van der Waals surface area contributed by atoms with Crippen molar-refractivity contribution in [3.05, 3.63) is 48.1 Å². The van der Waals surface area contributed by atoms with Gasteiger partial charge in [-0.15, -0.1) is 0 Å². The van der Waals surface area contributed by atoms with E-state index in [0.29, 0.717) is 0 Å². The fraction of sp³-hybridized carbons (Fsp3) is 0.556. The van der Waals surface area contributed by atoms with Crippen LogP contribution in [-0.2, 0) is 0 Å². The van der Waals surface area contributed by atoms with Crippen LogP contribution in [0.25, 0.3) is 0 Å². The van der Waals surface area contributed by atoms with Crippen LogP contribution in [0.1, 0.15) is 59.8 Å². The minimum atomic E-state index is 0.753. The summed E-state index contributed by atoms with van der Waals surface area (Å²) < 4.78 is 0. The molecule has 0 aliphatic heterocycles. The molecule has 1 aliphatic rings. The van der Waals surface area contributed by atoms with Crippen LogP contribution in [0.2, 0.25) is 0 Å². The van der Waals surface area contributed by atoms with E-state index < -0.39 is 0 Å². The molecule has 0 spiro atoms. The van der Waals surface area contributed by atoms with E-state index in [0.717, 1.165) is 18.8 Å². The normalized spacial score (nSPS) is 15.9. The molecular weight excluding hydrogens is 216 g/mol. The number of allylic oxidation sites excluding steroid dienone is 8. The van der Waals surface area contributed by atoms with Crippen molar-refractivity contribution in [3.63, 3.8) is 0 Å². The minimum absolute atomic E-state index is 0.753. The highest BCUT2D eigenvalue weighted by molar-refractivity contribution is 5.12. The second-order valence-corrected chi connectivity index (χ2v) is 4.74. The van der Waals surface area contributed by atoms with Gasteiger partial charge in [0, 0.05) is 0 Å². The van der Waals surface area contributed by atoms with Gasteiger partial charge in [-0.1, -0.05) is 68.9 Å². The molecule has 1 rings (SSSR count). The molecule has 0 saturated carbocycles. The second kappa shape index (κ2) is 12.4. The molecule has 0 heteroatoms. The first kappa shape index (κ1) is 17.0. The lowest BCUT2D eigenvalue weighted by molar-refractivity contribution is 0.630. The molecule has 18 heavy (non-hydrogen) atoms. The van der Waals surface area contributed by atoms with Crippen molar-refractivity contribution in [2.75, 3.05) is 0 Å². The van der Waals surface area contributed by atoms with Crippen LogP contribution in [0.4, 0.5) is 0 Å². The standard InChI is InChI=1S/C13H24.C5H6/c1-5-8-9-10-13(7-3)11-12(4)6-2;1-2-4-5-3-1/h8-9,11,13H,5-7,10H2,1-4H3;1-4H,5H2/b9-8-,12-11-;. The van der Waals surface area contributed by atoms with Crippen molar-refractivity contribution < 1.29 is 0 Å². The molecule has 0 heterocycles. The molecule has 102 valence electrons. The Balaban J connectivity index is 0.000000473. The van der Waals surface area contributed by atoms with E-state index in [-0.39, 0.29) is 0 Å². The third-order valence-corrected chi connectivity index (χ3v) is 3.10. The molecule has 0 nitrogen and oxygen atoms in total. The van der Waals surface area contributed by atoms with Crippen LogP contribution < -0.4 is 0 Å². The van der Waals surface area contributed by atoms with Crippen molar-refractivity contribution >= 4 is 0 Å². The third kappa shape index (κ3) is 10.1. The zero-order valence-corrected chi connectivity index (χ0v) is 12.7. The first-order valence-electron chi connectivity index (χ1n) is 7.38. The third-order valence-electron chi connectivity index (χ3n) is 3.10. The first-order chi connectivity index (χ1) is 8.74. The lowest BCUT2D eigenvalue weighted by Crippen LogP contribution is -1.93. The summed E-state index contributed by atoms with van der Waals surface area (Å²) in [6.45, 7) is 8.90. The summed E-state index contributed by atoms with van der Waals surface area (Å²) in [6, 6.07) is 0. The Hall–Kier alpha value is -1.04. The Bertz CT molecular complexity index is 279. The van der Waals surface area contributed by atoms with Crippen molar-refractivity contribution in [1.82, 2.24) is 0 Å². The number of hydrogen-bond donors (Lipinski definition) is 0. The topological polar surface area (TPSA) is 0 Å². The van der Waals surface area contributed by atoms with Gasteiger partial charge in [-0.25, -0.2) is 0 Å². The van der Waals surface area contributed by atoms with Gasteiger partial charge < -0.3 is 0 Å². The maximum absolute atomic E-state index is 2.43. The molecule has 0 bridgehead atoms. The summed E-state index contributed by atoms with van der Waals surface area (Å²) in [6.07, 6.45) is 21.3. The van der Waals surface area contributed by atoms with E-state index in [1.165, 1.54) is 24.8 Å². The summed E-state index contributed by atoms with van der Waals surface area (Å²) in [5.74, 6) is 0.753. The Morgan fingerprint density at radius 3 is 2.17 bits per heavy atom. The summed E-state index contributed by atoms with van der Waals surface area (Å²) >= 11 is 0. The fourth-order valence-electron chi connectivity index (χ4n) is 1.70. The van der Waals surface area contributed by atoms with E-state index in [9.17, 15) is 0 Å². The second-order valence-electron chi connectivity index (χ2n) is 4.74. The molecule has 1 atom stereocenters. The molecular formula is C18H30. The first-order valence-corrected chi connectivity index (χ1v) is 7.38. The summed E-state index contributed by atoms with van der Waals surface area (Å²) in [7, 11) is 0. The van der Waals surface area contributed by atoms with Gasteiger partial charge in [0.2, 0.25) is 0 Å². The van der Waals surface area contributed by atoms with E-state index in [2.05, 4.69) is 70.2 Å². The maximum atomic E-state index is 2.43. The van der Waals surface area contributed by atoms with Crippen LogP contribution >= 0.6 is 0 Å². The molecule has 0 N–H and O–H groups in total. The van der Waals surface area contributed by atoms with E-state index in [1.54, 1.807) is 0 Å². The molecule has 0 radical (unpaired) electrons. The van der Waals surface area contributed by atoms with Crippen molar-refractivity contribution in [3.8, 4) is 0 Å². The van der Waals surface area contributed by atoms with Gasteiger partial charge in [-0.3, -0.25) is 0 Å². The zero-order valence-electron chi connectivity index (χ0n) is 12.7. The van der Waals surface area contributed by atoms with Crippen molar-refractivity contribution in [2.45, 2.75) is 59.8 Å². The minimum Gasteiger partial charge on any atom is -0.0888 e. The van der Waals surface area contributed by atoms with Crippen molar-refractivity contribution in [1.29, 1.82) is 0 Å². The molecule has 0 aromatic rings. The van der Waals surface area contributed by atoms with Crippen LogP contribution in [0.5, 0.6) is 0 Å². The SMILES string of the molecule is C1=CCC=C1.CC/C=C\CC(/C=C(/C)CC)CC. The predicted octanol–water partition coefficient (Wildman–Crippen LogP) is 6.23. The Morgan fingerprint density at radius 1 is 1.11 bits per heavy atom. The average molecular weight is 246 g/mol. The van der Waals surface area contributed by atoms with Crippen molar-refractivity contribution in [2.24, 2.45) is 5.92 Å². The monoisotopic (exact) mass is 246 g/mol. The smallest absolute Gasteiger partial charge is 0.0163 e. The largest absolute Gasteiger partial charge is 0.0888 e. The molecule has 0 aromatic carbocycles. The average Bonchev–Trinajstić information content (AvgIpc) is 2.96. The van der Waals surface area contributed by atoms with Crippen LogP contribution in [0, 0.1) is 5.92 Å². The maximum Gasteiger partial charge on any atom is -0.0163 e.